The Balaban J connectivity index is 0.00000225. The molecule has 0 spiro atoms. The van der Waals surface area contributed by atoms with Crippen molar-refractivity contribution in [1.82, 2.24) is 15.1 Å². The second-order valence-electron chi connectivity index (χ2n) is 6.88. The zero-order valence-corrected chi connectivity index (χ0v) is 17.9. The van der Waals surface area contributed by atoms with Crippen LogP contribution in [-0.4, -0.2) is 67.7 Å². The van der Waals surface area contributed by atoms with E-state index in [9.17, 15) is 0 Å². The van der Waals surface area contributed by atoms with Crippen molar-refractivity contribution in [3.05, 3.63) is 35.4 Å². The van der Waals surface area contributed by atoms with Crippen LogP contribution in [0.3, 0.4) is 0 Å². The number of ether oxygens (including phenoxy) is 1. The summed E-state index contributed by atoms with van der Waals surface area (Å²) in [6.07, 6.45) is 1.09. The van der Waals surface area contributed by atoms with Crippen LogP contribution in [0.25, 0.3) is 0 Å². The molecule has 25 heavy (non-hydrogen) atoms. The number of hydrogen-bond acceptors (Lipinski definition) is 3. The number of nitrogens with zero attached hydrogens (tertiary/aromatic N) is 3. The summed E-state index contributed by atoms with van der Waals surface area (Å²) in [5.41, 5.74) is 2.89. The molecule has 1 aromatic carbocycles. The Labute approximate surface area is 168 Å². The number of fused-ring (bicyclic) bond motifs is 1. The van der Waals surface area contributed by atoms with E-state index >= 15 is 0 Å². The van der Waals surface area contributed by atoms with Crippen molar-refractivity contribution in [1.29, 1.82) is 0 Å². The number of nitrogens with one attached hydrogen (secondary N) is 1. The summed E-state index contributed by atoms with van der Waals surface area (Å²) in [6.45, 7) is 10.1. The highest BCUT2D eigenvalue weighted by Crippen LogP contribution is 2.18. The Kier molecular flexibility index (Phi) is 7.96. The zero-order chi connectivity index (χ0) is 16.9. The third-order valence-electron chi connectivity index (χ3n) is 5.18. The molecule has 0 amide bonds. The molecule has 2 heterocycles. The van der Waals surface area contributed by atoms with Crippen molar-refractivity contribution in [2.24, 2.45) is 4.99 Å². The fraction of sp³-hybridized carbons (Fsp3) is 0.632. The average Bonchev–Trinajstić information content (AvgIpc) is 2.62. The number of hydrogen-bond donors (Lipinski definition) is 1. The van der Waals surface area contributed by atoms with Crippen molar-refractivity contribution < 1.29 is 4.74 Å². The van der Waals surface area contributed by atoms with Crippen LogP contribution in [0.1, 0.15) is 25.0 Å². The summed E-state index contributed by atoms with van der Waals surface area (Å²) in [4.78, 5) is 9.39. The third-order valence-corrected chi connectivity index (χ3v) is 5.18. The molecule has 3 rings (SSSR count). The van der Waals surface area contributed by atoms with Gasteiger partial charge in [-0.25, -0.2) is 0 Å². The van der Waals surface area contributed by atoms with E-state index in [4.69, 9.17) is 4.74 Å². The van der Waals surface area contributed by atoms with E-state index in [1.165, 1.54) is 11.1 Å². The van der Waals surface area contributed by atoms with Gasteiger partial charge in [-0.3, -0.25) is 9.89 Å². The van der Waals surface area contributed by atoms with Gasteiger partial charge >= 0.3 is 0 Å². The third kappa shape index (κ3) is 5.08. The van der Waals surface area contributed by atoms with E-state index in [0.717, 1.165) is 51.8 Å². The van der Waals surface area contributed by atoms with E-state index in [2.05, 4.69) is 58.2 Å². The molecule has 140 valence electrons. The van der Waals surface area contributed by atoms with Crippen molar-refractivity contribution in [3.63, 3.8) is 0 Å². The average molecular weight is 458 g/mol. The highest BCUT2D eigenvalue weighted by Gasteiger charge is 2.24. The molecule has 2 aliphatic rings. The molecule has 5 nitrogen and oxygen atoms in total. The fourth-order valence-electron chi connectivity index (χ4n) is 3.76. The topological polar surface area (TPSA) is 40.1 Å². The van der Waals surface area contributed by atoms with Crippen molar-refractivity contribution >= 4 is 29.9 Å². The van der Waals surface area contributed by atoms with E-state index in [1.54, 1.807) is 0 Å². The van der Waals surface area contributed by atoms with Crippen LogP contribution < -0.4 is 5.32 Å². The molecule has 0 bridgehead atoms. The van der Waals surface area contributed by atoms with Gasteiger partial charge in [0.15, 0.2) is 5.96 Å². The molecule has 6 heteroatoms. The van der Waals surface area contributed by atoms with Crippen LogP contribution in [0.2, 0.25) is 0 Å². The molecule has 0 saturated carbocycles. The standard InChI is InChI=1S/C19H30N4O.HI/c1-15(23-10-11-24-14-16(23)2)12-21-19(20-3)22-9-8-17-6-4-5-7-18(17)13-22;/h4-7,15-16H,8-14H2,1-3H3,(H,20,21);1H. The Bertz CT molecular complexity index is 580. The maximum Gasteiger partial charge on any atom is 0.194 e. The van der Waals surface area contributed by atoms with Crippen molar-refractivity contribution in [2.45, 2.75) is 38.9 Å². The molecule has 1 N–H and O–H groups in total. The smallest absolute Gasteiger partial charge is 0.194 e. The first-order valence-corrected chi connectivity index (χ1v) is 9.05. The highest BCUT2D eigenvalue weighted by atomic mass is 127. The van der Waals surface area contributed by atoms with Crippen LogP contribution >= 0.6 is 24.0 Å². The first-order valence-electron chi connectivity index (χ1n) is 9.05. The number of guanidine groups is 1. The molecule has 1 fully saturated rings. The van der Waals surface area contributed by atoms with Gasteiger partial charge in [-0.1, -0.05) is 24.3 Å². The Morgan fingerprint density at radius 3 is 2.80 bits per heavy atom. The normalized spacial score (nSPS) is 22.8. The molecule has 2 unspecified atom stereocenters. The Hall–Kier alpha value is -0.860. The largest absolute Gasteiger partial charge is 0.379 e. The molecular weight excluding hydrogens is 427 g/mol. The highest BCUT2D eigenvalue weighted by molar-refractivity contribution is 14.0. The van der Waals surface area contributed by atoms with Gasteiger partial charge in [-0.15, -0.1) is 24.0 Å². The monoisotopic (exact) mass is 458 g/mol. The minimum Gasteiger partial charge on any atom is -0.379 e. The first kappa shape index (κ1) is 20.5. The minimum atomic E-state index is 0. The fourth-order valence-corrected chi connectivity index (χ4v) is 3.76. The van der Waals surface area contributed by atoms with Crippen LogP contribution in [-0.2, 0) is 17.7 Å². The summed E-state index contributed by atoms with van der Waals surface area (Å²) < 4.78 is 5.54. The molecule has 0 radical (unpaired) electrons. The van der Waals surface area contributed by atoms with Gasteiger partial charge in [-0.05, 0) is 31.4 Å². The molecule has 2 atom stereocenters. The molecule has 2 aliphatic heterocycles. The maximum atomic E-state index is 5.54. The summed E-state index contributed by atoms with van der Waals surface area (Å²) in [7, 11) is 1.88. The van der Waals surface area contributed by atoms with Gasteiger partial charge in [-0.2, -0.15) is 0 Å². The van der Waals surface area contributed by atoms with Gasteiger partial charge in [0.2, 0.25) is 0 Å². The van der Waals surface area contributed by atoms with Gasteiger partial charge in [0.1, 0.15) is 0 Å². The van der Waals surface area contributed by atoms with E-state index in [0.29, 0.717) is 12.1 Å². The lowest BCUT2D eigenvalue weighted by Crippen LogP contribution is -2.53. The lowest BCUT2D eigenvalue weighted by Gasteiger charge is -2.39. The minimum absolute atomic E-state index is 0. The van der Waals surface area contributed by atoms with E-state index in [1.807, 2.05) is 7.05 Å². The van der Waals surface area contributed by atoms with E-state index < -0.39 is 0 Å². The van der Waals surface area contributed by atoms with Gasteiger partial charge in [0.25, 0.3) is 0 Å². The van der Waals surface area contributed by atoms with Crippen LogP contribution in [0.15, 0.2) is 29.3 Å². The SMILES string of the molecule is CN=C(NCC(C)N1CCOCC1C)N1CCc2ccccc2C1.I. The molecule has 1 aromatic rings. The predicted octanol–water partition coefficient (Wildman–Crippen LogP) is 2.35. The second kappa shape index (κ2) is 9.73. The molecule has 1 saturated heterocycles. The summed E-state index contributed by atoms with van der Waals surface area (Å²) >= 11 is 0. The zero-order valence-electron chi connectivity index (χ0n) is 15.6. The van der Waals surface area contributed by atoms with Crippen LogP contribution in [0.4, 0.5) is 0 Å². The first-order chi connectivity index (χ1) is 11.7. The number of benzene rings is 1. The summed E-state index contributed by atoms with van der Waals surface area (Å²) in [5, 5.41) is 3.58. The number of aliphatic imine (C=N–C) groups is 1. The Morgan fingerprint density at radius 1 is 1.32 bits per heavy atom. The van der Waals surface area contributed by atoms with Crippen LogP contribution in [0.5, 0.6) is 0 Å². The Morgan fingerprint density at radius 2 is 2.08 bits per heavy atom. The van der Waals surface area contributed by atoms with Gasteiger partial charge in [0.05, 0.1) is 13.2 Å². The molecule has 0 aromatic heterocycles. The molecule has 0 aliphatic carbocycles. The van der Waals surface area contributed by atoms with Crippen molar-refractivity contribution in [3.8, 4) is 0 Å². The lowest BCUT2D eigenvalue weighted by molar-refractivity contribution is -0.0175. The molecular formula is C19H31IN4O. The predicted molar refractivity (Wildman–Crippen MR) is 114 cm³/mol. The summed E-state index contributed by atoms with van der Waals surface area (Å²) in [5.74, 6) is 1.01. The second-order valence-corrected chi connectivity index (χ2v) is 6.88. The lowest BCUT2D eigenvalue weighted by atomic mass is 10.0. The quantitative estimate of drug-likeness (QED) is 0.429. The number of morpholine rings is 1. The van der Waals surface area contributed by atoms with Gasteiger partial charge in [0, 0.05) is 45.3 Å². The van der Waals surface area contributed by atoms with E-state index in [-0.39, 0.29) is 24.0 Å². The maximum absolute atomic E-state index is 5.54. The summed E-state index contributed by atoms with van der Waals surface area (Å²) in [6, 6.07) is 9.68. The van der Waals surface area contributed by atoms with Crippen LogP contribution in [0, 0.1) is 0 Å². The number of halogens is 1. The van der Waals surface area contributed by atoms with Crippen molar-refractivity contribution in [2.75, 3.05) is 39.9 Å². The van der Waals surface area contributed by atoms with Gasteiger partial charge < -0.3 is 15.0 Å². The number of rotatable bonds is 3.